The Morgan fingerprint density at radius 3 is 0.870 bits per heavy atom. The maximum Gasteiger partial charge on any atom is 0.341 e. The molecule has 46 heavy (non-hydrogen) atoms. The first-order valence-corrected chi connectivity index (χ1v) is 22.3. The summed E-state index contributed by atoms with van der Waals surface area (Å²) in [6.07, 6.45) is 41.7. The van der Waals surface area contributed by atoms with Crippen LogP contribution in [0.15, 0.2) is 0 Å². The van der Waals surface area contributed by atoms with Crippen LogP contribution in [0.3, 0.4) is 0 Å². The van der Waals surface area contributed by atoms with Crippen molar-refractivity contribution in [3.8, 4) is 0 Å². The number of rotatable bonds is 39. The van der Waals surface area contributed by atoms with Gasteiger partial charge in [-0.25, -0.2) is 0 Å². The maximum atomic E-state index is 13.3. The second-order valence-corrected chi connectivity index (χ2v) is 15.9. The molecule has 0 bridgehead atoms. The van der Waals surface area contributed by atoms with Crippen molar-refractivity contribution in [2.75, 3.05) is 26.0 Å². The van der Waals surface area contributed by atoms with Gasteiger partial charge >= 0.3 is 13.6 Å². The number of carbonyl (C=O) groups is 1. The third-order valence-electron chi connectivity index (χ3n) is 9.20. The molecular weight excluding hydrogens is 591 g/mol. The Hall–Kier alpha value is -0.380. The van der Waals surface area contributed by atoms with Crippen LogP contribution in [0.4, 0.5) is 0 Å². The number of unbranched alkanes of at least 4 members (excludes halogenated alkanes) is 30. The highest BCUT2D eigenvalue weighted by Crippen LogP contribution is 2.48. The quantitative estimate of drug-likeness (QED) is 0.0369. The normalized spacial score (nSPS) is 11.8. The van der Waals surface area contributed by atoms with E-state index in [0.717, 1.165) is 25.7 Å². The number of carbonyl (C=O) groups excluding carboxylic acids is 1. The third kappa shape index (κ3) is 34.9. The molecule has 0 atom stereocenters. The minimum atomic E-state index is -3.46. The summed E-state index contributed by atoms with van der Waals surface area (Å²) in [5.41, 5.74) is 0. The van der Waals surface area contributed by atoms with Gasteiger partial charge in [-0.1, -0.05) is 206 Å². The molecule has 0 aliphatic carbocycles. The lowest BCUT2D eigenvalue weighted by Gasteiger charge is -2.18. The van der Waals surface area contributed by atoms with Crippen LogP contribution >= 0.6 is 7.60 Å². The van der Waals surface area contributed by atoms with Crippen LogP contribution in [0.5, 0.6) is 0 Å². The number of ether oxygens (including phenoxy) is 1. The van der Waals surface area contributed by atoms with E-state index in [1.54, 1.807) is 6.92 Å². The van der Waals surface area contributed by atoms with Gasteiger partial charge in [0.25, 0.3) is 0 Å². The van der Waals surface area contributed by atoms with Crippen molar-refractivity contribution in [2.24, 2.45) is 0 Å². The van der Waals surface area contributed by atoms with Gasteiger partial charge in [0.15, 0.2) is 0 Å². The van der Waals surface area contributed by atoms with Gasteiger partial charge in [0, 0.05) is 0 Å². The Morgan fingerprint density at radius 1 is 0.391 bits per heavy atom. The van der Waals surface area contributed by atoms with E-state index in [2.05, 4.69) is 13.8 Å². The van der Waals surface area contributed by atoms with Gasteiger partial charge < -0.3 is 13.8 Å². The molecule has 0 radical (unpaired) electrons. The molecule has 0 aliphatic rings. The lowest BCUT2D eigenvalue weighted by Crippen LogP contribution is -2.13. The minimum absolute atomic E-state index is 0.275. The zero-order valence-corrected chi connectivity index (χ0v) is 32.3. The molecule has 0 aromatic rings. The lowest BCUT2D eigenvalue weighted by atomic mass is 10.0. The molecule has 0 amide bonds. The average Bonchev–Trinajstić information content (AvgIpc) is 3.04. The Morgan fingerprint density at radius 2 is 0.630 bits per heavy atom. The van der Waals surface area contributed by atoms with E-state index in [1.165, 1.54) is 180 Å². The van der Waals surface area contributed by atoms with Crippen LogP contribution in [0.2, 0.25) is 0 Å². The predicted octanol–water partition coefficient (Wildman–Crippen LogP) is 14.3. The smallest absolute Gasteiger partial charge is 0.341 e. The second-order valence-electron chi connectivity index (χ2n) is 13.8. The average molecular weight is 673 g/mol. The first kappa shape index (κ1) is 45.6. The predicted molar refractivity (Wildman–Crippen MR) is 200 cm³/mol. The maximum absolute atomic E-state index is 13.3. The van der Waals surface area contributed by atoms with Crippen molar-refractivity contribution in [3.63, 3.8) is 0 Å². The zero-order valence-electron chi connectivity index (χ0n) is 31.4. The Labute approximate surface area is 288 Å². The summed E-state index contributed by atoms with van der Waals surface area (Å²) in [4.78, 5) is 12.1. The summed E-state index contributed by atoms with van der Waals surface area (Å²) in [6.45, 7) is 7.36. The van der Waals surface area contributed by atoms with E-state index in [0.29, 0.717) is 13.2 Å². The van der Waals surface area contributed by atoms with Gasteiger partial charge in [-0.05, 0) is 19.8 Å². The SMILES string of the molecule is CCCCCCCCCCCCCCCCCCOP(=O)(CC(=O)OCC)OCCCCCCCCCCCCCCCCCC. The summed E-state index contributed by atoms with van der Waals surface area (Å²) in [7, 11) is -3.46. The largest absolute Gasteiger partial charge is 0.466 e. The van der Waals surface area contributed by atoms with E-state index in [9.17, 15) is 9.36 Å². The van der Waals surface area contributed by atoms with E-state index < -0.39 is 13.6 Å². The second kappa shape index (κ2) is 37.4. The Bertz CT molecular complexity index is 614. The van der Waals surface area contributed by atoms with Crippen LogP contribution < -0.4 is 0 Å². The van der Waals surface area contributed by atoms with Crippen molar-refractivity contribution < 1.29 is 23.1 Å². The zero-order chi connectivity index (χ0) is 33.7. The van der Waals surface area contributed by atoms with Crippen LogP contribution in [0, 0.1) is 0 Å². The molecule has 0 N–H and O–H groups in total. The highest BCUT2D eigenvalue weighted by atomic mass is 31.2. The fourth-order valence-electron chi connectivity index (χ4n) is 6.20. The third-order valence-corrected chi connectivity index (χ3v) is 11.0. The standard InChI is InChI=1S/C40H81O5P/c1-4-7-9-11-13-15-17-19-21-23-25-27-29-31-33-35-37-44-46(42,39-40(41)43-6-3)45-38-36-34-32-30-28-26-24-22-20-18-16-14-12-10-8-5-2/h4-39H2,1-3H3. The van der Waals surface area contributed by atoms with Crippen LogP contribution in [-0.2, 0) is 23.1 Å². The van der Waals surface area contributed by atoms with Crippen molar-refractivity contribution >= 4 is 13.6 Å². The van der Waals surface area contributed by atoms with Gasteiger partial charge in [0.05, 0.1) is 19.8 Å². The molecule has 6 heteroatoms. The van der Waals surface area contributed by atoms with Crippen LogP contribution in [-0.4, -0.2) is 32.0 Å². The monoisotopic (exact) mass is 673 g/mol. The summed E-state index contributed by atoms with van der Waals surface area (Å²) >= 11 is 0. The Kier molecular flexibility index (Phi) is 37.1. The van der Waals surface area contributed by atoms with Crippen molar-refractivity contribution in [1.82, 2.24) is 0 Å². The van der Waals surface area contributed by atoms with Gasteiger partial charge in [0.2, 0.25) is 0 Å². The van der Waals surface area contributed by atoms with E-state index >= 15 is 0 Å². The fraction of sp³-hybridized carbons (Fsp3) is 0.975. The molecule has 5 nitrogen and oxygen atoms in total. The lowest BCUT2D eigenvalue weighted by molar-refractivity contribution is -0.140. The molecular formula is C40H81O5P. The first-order chi connectivity index (χ1) is 22.6. The van der Waals surface area contributed by atoms with Crippen molar-refractivity contribution in [2.45, 2.75) is 226 Å². The van der Waals surface area contributed by atoms with Crippen molar-refractivity contribution in [3.05, 3.63) is 0 Å². The number of hydrogen-bond acceptors (Lipinski definition) is 5. The van der Waals surface area contributed by atoms with Gasteiger partial charge in [-0.3, -0.25) is 9.36 Å². The van der Waals surface area contributed by atoms with Crippen LogP contribution in [0.25, 0.3) is 0 Å². The molecule has 0 spiro atoms. The highest BCUT2D eigenvalue weighted by Gasteiger charge is 2.29. The van der Waals surface area contributed by atoms with E-state index in [-0.39, 0.29) is 12.8 Å². The molecule has 0 aromatic carbocycles. The van der Waals surface area contributed by atoms with Crippen molar-refractivity contribution in [1.29, 1.82) is 0 Å². The van der Waals surface area contributed by atoms with Crippen LogP contribution in [0.1, 0.15) is 226 Å². The first-order valence-electron chi connectivity index (χ1n) is 20.6. The molecule has 0 aromatic heterocycles. The van der Waals surface area contributed by atoms with E-state index in [4.69, 9.17) is 13.8 Å². The molecule has 0 fully saturated rings. The fourth-order valence-corrected chi connectivity index (χ4v) is 7.68. The molecule has 0 aliphatic heterocycles. The molecule has 0 rings (SSSR count). The van der Waals surface area contributed by atoms with Gasteiger partial charge in [0.1, 0.15) is 6.16 Å². The molecule has 276 valence electrons. The minimum Gasteiger partial charge on any atom is -0.466 e. The summed E-state index contributed by atoms with van der Waals surface area (Å²) in [6, 6.07) is 0. The summed E-state index contributed by atoms with van der Waals surface area (Å²) in [5.74, 6) is -0.496. The van der Waals surface area contributed by atoms with Gasteiger partial charge in [-0.15, -0.1) is 0 Å². The molecule has 0 unspecified atom stereocenters. The number of esters is 1. The van der Waals surface area contributed by atoms with Gasteiger partial charge in [-0.2, -0.15) is 0 Å². The van der Waals surface area contributed by atoms with E-state index in [1.807, 2.05) is 0 Å². The highest BCUT2D eigenvalue weighted by molar-refractivity contribution is 7.54. The molecule has 0 saturated carbocycles. The number of hydrogen-bond donors (Lipinski definition) is 0. The molecule has 0 heterocycles. The molecule has 0 saturated heterocycles. The Balaban J connectivity index is 3.77. The summed E-state index contributed by atoms with van der Waals surface area (Å²) < 4.78 is 29.8. The topological polar surface area (TPSA) is 61.8 Å². The summed E-state index contributed by atoms with van der Waals surface area (Å²) in [5, 5.41) is 0.